The largest absolute Gasteiger partial charge is 0.481 e. The molecule has 1 saturated carbocycles. The number of carboxylic acids is 1. The van der Waals surface area contributed by atoms with Crippen molar-refractivity contribution in [3.05, 3.63) is 17.0 Å². The smallest absolute Gasteiger partial charge is 0.307 e. The predicted molar refractivity (Wildman–Crippen MR) is 78.5 cm³/mol. The van der Waals surface area contributed by atoms with E-state index in [1.54, 1.807) is 0 Å². The van der Waals surface area contributed by atoms with Gasteiger partial charge in [0.05, 0.1) is 23.8 Å². The fourth-order valence-corrected chi connectivity index (χ4v) is 4.04. The molecule has 0 amide bonds. The van der Waals surface area contributed by atoms with Crippen molar-refractivity contribution in [2.45, 2.75) is 70.4 Å². The van der Waals surface area contributed by atoms with Crippen LogP contribution in [0.4, 0.5) is 0 Å². The maximum atomic E-state index is 11.0. The predicted octanol–water partition coefficient (Wildman–Crippen LogP) is 2.79. The summed E-state index contributed by atoms with van der Waals surface area (Å²) < 4.78 is 8.15. The van der Waals surface area contributed by atoms with Crippen molar-refractivity contribution < 1.29 is 14.6 Å². The van der Waals surface area contributed by atoms with Crippen LogP contribution >= 0.6 is 0 Å². The average Bonchev–Trinajstić information content (AvgIpc) is 2.98. The summed E-state index contributed by atoms with van der Waals surface area (Å²) in [6.45, 7) is 4.69. The molecule has 2 fully saturated rings. The fraction of sp³-hybridized carbons (Fsp3) is 0.750. The van der Waals surface area contributed by atoms with Gasteiger partial charge in [0.1, 0.15) is 0 Å². The number of aryl methyl sites for hydroxylation is 1. The number of carbonyl (C=O) groups is 1. The van der Waals surface area contributed by atoms with Gasteiger partial charge >= 0.3 is 5.97 Å². The lowest BCUT2D eigenvalue weighted by molar-refractivity contribution is -0.136. The van der Waals surface area contributed by atoms with Gasteiger partial charge in [-0.3, -0.25) is 9.48 Å². The van der Waals surface area contributed by atoms with Crippen LogP contribution in [0.1, 0.15) is 61.5 Å². The Morgan fingerprint density at radius 1 is 1.43 bits per heavy atom. The van der Waals surface area contributed by atoms with E-state index in [9.17, 15) is 4.79 Å². The highest BCUT2D eigenvalue weighted by Gasteiger charge is 2.41. The van der Waals surface area contributed by atoms with Gasteiger partial charge in [-0.2, -0.15) is 5.10 Å². The second kappa shape index (κ2) is 5.44. The standard InChI is InChI=1S/C16H24N2O3/c1-11-14(9-15(19)20)12(2)18(17-11)13-5-8-21-16(10-13)6-3-4-7-16/h13H,3-10H2,1-2H3,(H,19,20). The number of ether oxygens (including phenoxy) is 1. The fourth-order valence-electron chi connectivity index (χ4n) is 4.04. The number of hydrogen-bond donors (Lipinski definition) is 1. The van der Waals surface area contributed by atoms with Crippen LogP contribution in [0.2, 0.25) is 0 Å². The summed E-state index contributed by atoms with van der Waals surface area (Å²) in [4.78, 5) is 11.0. The van der Waals surface area contributed by atoms with Crippen molar-refractivity contribution in [1.29, 1.82) is 0 Å². The first-order chi connectivity index (χ1) is 10.0. The zero-order chi connectivity index (χ0) is 15.0. The molecular formula is C16H24N2O3. The van der Waals surface area contributed by atoms with E-state index in [2.05, 4.69) is 9.78 Å². The second-order valence-corrected chi connectivity index (χ2v) is 6.55. The summed E-state index contributed by atoms with van der Waals surface area (Å²) in [5.74, 6) is -0.792. The molecule has 21 heavy (non-hydrogen) atoms. The van der Waals surface area contributed by atoms with Gasteiger partial charge < -0.3 is 9.84 Å². The van der Waals surface area contributed by atoms with Gasteiger partial charge in [0.25, 0.3) is 0 Å². The first kappa shape index (κ1) is 14.6. The third kappa shape index (κ3) is 2.71. The van der Waals surface area contributed by atoms with Gasteiger partial charge in [0.15, 0.2) is 0 Å². The van der Waals surface area contributed by atoms with Gasteiger partial charge in [-0.15, -0.1) is 0 Å². The topological polar surface area (TPSA) is 64.4 Å². The van der Waals surface area contributed by atoms with Crippen LogP contribution in [-0.4, -0.2) is 33.1 Å². The summed E-state index contributed by atoms with van der Waals surface area (Å²) in [5.41, 5.74) is 2.79. The van der Waals surface area contributed by atoms with Crippen LogP contribution in [0.3, 0.4) is 0 Å². The first-order valence-corrected chi connectivity index (χ1v) is 7.91. The van der Waals surface area contributed by atoms with Crippen LogP contribution < -0.4 is 0 Å². The van der Waals surface area contributed by atoms with Gasteiger partial charge in [0, 0.05) is 17.9 Å². The molecule has 116 valence electrons. The molecule has 5 nitrogen and oxygen atoms in total. The van der Waals surface area contributed by atoms with E-state index in [1.165, 1.54) is 12.8 Å². The summed E-state index contributed by atoms with van der Waals surface area (Å²) in [5, 5.41) is 13.7. The Kier molecular flexibility index (Phi) is 3.78. The van der Waals surface area contributed by atoms with Crippen LogP contribution in [-0.2, 0) is 16.0 Å². The molecule has 0 bridgehead atoms. The SMILES string of the molecule is Cc1nn(C2CCOC3(CCCC3)C2)c(C)c1CC(=O)O. The molecule has 3 rings (SSSR count). The van der Waals surface area contributed by atoms with Crippen molar-refractivity contribution >= 4 is 5.97 Å². The second-order valence-electron chi connectivity index (χ2n) is 6.55. The quantitative estimate of drug-likeness (QED) is 0.930. The molecule has 1 saturated heterocycles. The molecule has 2 aliphatic rings. The monoisotopic (exact) mass is 292 g/mol. The Bertz CT molecular complexity index is 544. The highest BCUT2D eigenvalue weighted by Crippen LogP contribution is 2.43. The van der Waals surface area contributed by atoms with Gasteiger partial charge in [-0.25, -0.2) is 0 Å². The Labute approximate surface area is 125 Å². The third-order valence-corrected chi connectivity index (χ3v) is 5.13. The van der Waals surface area contributed by atoms with Crippen molar-refractivity contribution in [3.63, 3.8) is 0 Å². The Morgan fingerprint density at radius 3 is 2.81 bits per heavy atom. The first-order valence-electron chi connectivity index (χ1n) is 7.91. The minimum Gasteiger partial charge on any atom is -0.481 e. The van der Waals surface area contributed by atoms with E-state index in [1.807, 2.05) is 13.8 Å². The van der Waals surface area contributed by atoms with Crippen molar-refractivity contribution in [1.82, 2.24) is 9.78 Å². The number of rotatable bonds is 3. The van der Waals surface area contributed by atoms with E-state index in [0.29, 0.717) is 6.04 Å². The molecule has 1 aromatic rings. The molecule has 0 aromatic carbocycles. The maximum absolute atomic E-state index is 11.0. The Balaban J connectivity index is 1.84. The van der Waals surface area contributed by atoms with E-state index in [0.717, 1.165) is 49.2 Å². The number of aromatic nitrogens is 2. The van der Waals surface area contributed by atoms with Gasteiger partial charge in [-0.1, -0.05) is 12.8 Å². The lowest BCUT2D eigenvalue weighted by atomic mass is 9.89. The minimum atomic E-state index is -0.792. The number of nitrogens with zero attached hydrogens (tertiary/aromatic N) is 2. The van der Waals surface area contributed by atoms with E-state index in [4.69, 9.17) is 9.84 Å². The molecule has 1 aliphatic heterocycles. The molecular weight excluding hydrogens is 268 g/mol. The van der Waals surface area contributed by atoms with Crippen molar-refractivity contribution in [2.24, 2.45) is 0 Å². The average molecular weight is 292 g/mol. The number of hydrogen-bond acceptors (Lipinski definition) is 3. The molecule has 1 aromatic heterocycles. The number of carboxylic acid groups (broad SMARTS) is 1. The van der Waals surface area contributed by atoms with Crippen molar-refractivity contribution in [2.75, 3.05) is 6.61 Å². The van der Waals surface area contributed by atoms with Gasteiger partial charge in [0.2, 0.25) is 0 Å². The molecule has 1 atom stereocenters. The molecule has 1 aliphatic carbocycles. The molecule has 2 heterocycles. The molecule has 0 radical (unpaired) electrons. The summed E-state index contributed by atoms with van der Waals surface area (Å²) in [6, 6.07) is 0.345. The van der Waals surface area contributed by atoms with Crippen molar-refractivity contribution in [3.8, 4) is 0 Å². The lowest BCUT2D eigenvalue weighted by Crippen LogP contribution is -2.38. The lowest BCUT2D eigenvalue weighted by Gasteiger charge is -2.38. The van der Waals surface area contributed by atoms with E-state index >= 15 is 0 Å². The highest BCUT2D eigenvalue weighted by atomic mass is 16.5. The summed E-state index contributed by atoms with van der Waals surface area (Å²) in [7, 11) is 0. The number of aliphatic carboxylic acids is 1. The van der Waals surface area contributed by atoms with E-state index < -0.39 is 5.97 Å². The molecule has 1 spiro atoms. The molecule has 1 N–H and O–H groups in total. The van der Waals surface area contributed by atoms with Crippen LogP contribution in [0, 0.1) is 13.8 Å². The zero-order valence-electron chi connectivity index (χ0n) is 12.9. The highest BCUT2D eigenvalue weighted by molar-refractivity contribution is 5.70. The summed E-state index contributed by atoms with van der Waals surface area (Å²) in [6.07, 6.45) is 6.88. The van der Waals surface area contributed by atoms with Crippen LogP contribution in [0.5, 0.6) is 0 Å². The van der Waals surface area contributed by atoms with Crippen LogP contribution in [0.25, 0.3) is 0 Å². The summed E-state index contributed by atoms with van der Waals surface area (Å²) >= 11 is 0. The minimum absolute atomic E-state index is 0.0577. The van der Waals surface area contributed by atoms with Crippen LogP contribution in [0.15, 0.2) is 0 Å². The third-order valence-electron chi connectivity index (χ3n) is 5.13. The Hall–Kier alpha value is -1.36. The Morgan fingerprint density at radius 2 is 2.14 bits per heavy atom. The molecule has 1 unspecified atom stereocenters. The normalized spacial score (nSPS) is 24.6. The maximum Gasteiger partial charge on any atom is 0.307 e. The van der Waals surface area contributed by atoms with Gasteiger partial charge in [-0.05, 0) is 39.5 Å². The van der Waals surface area contributed by atoms with E-state index in [-0.39, 0.29) is 12.0 Å². The zero-order valence-corrected chi connectivity index (χ0v) is 12.9. The molecule has 5 heteroatoms.